The topological polar surface area (TPSA) is 68.8 Å². The molecule has 0 aliphatic heterocycles. The number of pyridine rings is 1. The number of nitrogens with one attached hydrogen (secondary N) is 1. The van der Waals surface area contributed by atoms with Gasteiger partial charge in [-0.2, -0.15) is 5.10 Å². The van der Waals surface area contributed by atoms with Crippen molar-refractivity contribution >= 4 is 15.9 Å². The molecule has 0 radical (unpaired) electrons. The molecule has 2 aromatic rings. The van der Waals surface area contributed by atoms with E-state index < -0.39 is 0 Å². The Hall–Kier alpha value is -1.24. The molecule has 0 aromatic carbocycles. The van der Waals surface area contributed by atoms with Crippen LogP contribution in [0.1, 0.15) is 30.4 Å². The zero-order valence-corrected chi connectivity index (χ0v) is 14.1. The van der Waals surface area contributed by atoms with Crippen LogP contribution >= 0.6 is 15.9 Å². The van der Waals surface area contributed by atoms with Gasteiger partial charge in [-0.05, 0) is 54.8 Å². The molecule has 0 saturated carbocycles. The quantitative estimate of drug-likeness (QED) is 0.593. The van der Waals surface area contributed by atoms with Crippen molar-refractivity contribution in [1.29, 1.82) is 0 Å². The second-order valence-corrected chi connectivity index (χ2v) is 5.88. The van der Waals surface area contributed by atoms with Crippen molar-refractivity contribution in [3.05, 3.63) is 46.0 Å². The van der Waals surface area contributed by atoms with Crippen LogP contribution in [0.15, 0.2) is 28.9 Å². The molecule has 6 heteroatoms. The minimum Gasteiger partial charge on any atom is -0.271 e. The Morgan fingerprint density at radius 1 is 1.43 bits per heavy atom. The zero-order chi connectivity index (χ0) is 15.2. The van der Waals surface area contributed by atoms with E-state index >= 15 is 0 Å². The van der Waals surface area contributed by atoms with Gasteiger partial charge in [0.2, 0.25) is 0 Å². The molecular formula is C15H22BrN5. The molecule has 3 N–H and O–H groups in total. The lowest BCUT2D eigenvalue weighted by atomic mass is 10.0. The van der Waals surface area contributed by atoms with Gasteiger partial charge in [0.25, 0.3) is 0 Å². The Kier molecular flexibility index (Phi) is 5.90. The number of nitrogens with two attached hydrogens (primary N) is 1. The molecule has 114 valence electrons. The van der Waals surface area contributed by atoms with E-state index in [1.54, 1.807) is 0 Å². The first kappa shape index (κ1) is 16.1. The van der Waals surface area contributed by atoms with E-state index in [0.717, 1.165) is 41.7 Å². The first-order valence-electron chi connectivity index (χ1n) is 7.23. The minimum atomic E-state index is 0.199. The largest absolute Gasteiger partial charge is 0.271 e. The Bertz CT molecular complexity index is 567. The average molecular weight is 352 g/mol. The van der Waals surface area contributed by atoms with E-state index in [2.05, 4.69) is 38.4 Å². The number of nitrogens with zero attached hydrogens (tertiary/aromatic N) is 3. The second kappa shape index (κ2) is 7.68. The van der Waals surface area contributed by atoms with Gasteiger partial charge < -0.3 is 0 Å². The number of hydrogen-bond acceptors (Lipinski definition) is 4. The van der Waals surface area contributed by atoms with Gasteiger partial charge in [0.15, 0.2) is 0 Å². The summed E-state index contributed by atoms with van der Waals surface area (Å²) in [4.78, 5) is 4.35. The maximum atomic E-state index is 5.72. The van der Waals surface area contributed by atoms with Crippen molar-refractivity contribution in [3.63, 3.8) is 0 Å². The summed E-state index contributed by atoms with van der Waals surface area (Å²) in [7, 11) is 0. The number of halogens is 1. The van der Waals surface area contributed by atoms with Crippen LogP contribution in [0.3, 0.4) is 0 Å². The molecule has 2 rings (SSSR count). The van der Waals surface area contributed by atoms with Crippen LogP contribution in [0, 0.1) is 6.92 Å². The van der Waals surface area contributed by atoms with E-state index in [-0.39, 0.29) is 6.04 Å². The summed E-state index contributed by atoms with van der Waals surface area (Å²) in [6.07, 6.45) is 4.52. The number of aryl methyl sites for hydroxylation is 3. The third-order valence-corrected chi connectivity index (χ3v) is 4.63. The highest BCUT2D eigenvalue weighted by atomic mass is 79.9. The first-order chi connectivity index (χ1) is 10.2. The average Bonchev–Trinajstić information content (AvgIpc) is 2.79. The Labute approximate surface area is 134 Å². The van der Waals surface area contributed by atoms with Crippen LogP contribution in [-0.4, -0.2) is 20.8 Å². The third kappa shape index (κ3) is 4.12. The van der Waals surface area contributed by atoms with Crippen LogP contribution in [0.2, 0.25) is 0 Å². The molecule has 5 nitrogen and oxygen atoms in total. The first-order valence-corrected chi connectivity index (χ1v) is 8.02. The molecule has 21 heavy (non-hydrogen) atoms. The summed E-state index contributed by atoms with van der Waals surface area (Å²) in [5.74, 6) is 5.72. The third-order valence-electron chi connectivity index (χ3n) is 3.60. The highest BCUT2D eigenvalue weighted by Crippen LogP contribution is 2.23. The molecule has 2 heterocycles. The Morgan fingerprint density at radius 3 is 2.86 bits per heavy atom. The molecule has 0 bridgehead atoms. The summed E-state index contributed by atoms with van der Waals surface area (Å²) in [5.41, 5.74) is 6.23. The smallest absolute Gasteiger partial charge is 0.0738 e. The van der Waals surface area contributed by atoms with Gasteiger partial charge in [-0.15, -0.1) is 0 Å². The van der Waals surface area contributed by atoms with Crippen molar-refractivity contribution in [2.45, 2.75) is 45.7 Å². The molecule has 1 unspecified atom stereocenters. The Balaban J connectivity index is 2.02. The number of hydrazine groups is 1. The summed E-state index contributed by atoms with van der Waals surface area (Å²) in [6.45, 7) is 4.97. The fourth-order valence-electron chi connectivity index (χ4n) is 2.41. The van der Waals surface area contributed by atoms with Crippen molar-refractivity contribution in [2.75, 3.05) is 0 Å². The molecule has 0 aliphatic carbocycles. The predicted octanol–water partition coefficient (Wildman–Crippen LogP) is 2.38. The maximum Gasteiger partial charge on any atom is 0.0738 e. The summed E-state index contributed by atoms with van der Waals surface area (Å²) in [6, 6.07) is 6.19. The summed E-state index contributed by atoms with van der Waals surface area (Å²) in [5, 5.41) is 4.52. The lowest BCUT2D eigenvalue weighted by Gasteiger charge is -2.16. The molecule has 1 atom stereocenters. The van der Waals surface area contributed by atoms with Gasteiger partial charge in [0.05, 0.1) is 15.9 Å². The normalized spacial score (nSPS) is 12.6. The molecule has 0 amide bonds. The monoisotopic (exact) mass is 351 g/mol. The van der Waals surface area contributed by atoms with Crippen LogP contribution in [-0.2, 0) is 19.4 Å². The molecule has 0 spiro atoms. The van der Waals surface area contributed by atoms with Gasteiger partial charge in [0.1, 0.15) is 0 Å². The molecule has 2 aromatic heterocycles. The number of hydrogen-bond donors (Lipinski definition) is 2. The van der Waals surface area contributed by atoms with E-state index in [1.165, 1.54) is 5.69 Å². The van der Waals surface area contributed by atoms with Crippen LogP contribution in [0.25, 0.3) is 0 Å². The van der Waals surface area contributed by atoms with Gasteiger partial charge in [-0.25, -0.2) is 0 Å². The number of rotatable bonds is 7. The van der Waals surface area contributed by atoms with Crippen LogP contribution in [0.4, 0.5) is 0 Å². The fourth-order valence-corrected chi connectivity index (χ4v) is 2.86. The van der Waals surface area contributed by atoms with E-state index in [9.17, 15) is 0 Å². The predicted molar refractivity (Wildman–Crippen MR) is 87.7 cm³/mol. The molecular weight excluding hydrogens is 330 g/mol. The minimum absolute atomic E-state index is 0.199. The SMILES string of the molecule is CCn1nc(C)c(Br)c1CC(CCc1ccccn1)NN. The second-order valence-electron chi connectivity index (χ2n) is 5.09. The highest BCUT2D eigenvalue weighted by Gasteiger charge is 2.17. The van der Waals surface area contributed by atoms with Gasteiger partial charge >= 0.3 is 0 Å². The standard InChI is InChI=1S/C15H22BrN5/c1-3-21-14(15(16)11(2)20-21)10-13(19-17)8-7-12-6-4-5-9-18-12/h4-6,9,13,19H,3,7-8,10,17H2,1-2H3. The van der Waals surface area contributed by atoms with Gasteiger partial charge in [0, 0.05) is 30.9 Å². The van der Waals surface area contributed by atoms with Gasteiger partial charge in [-0.1, -0.05) is 6.07 Å². The van der Waals surface area contributed by atoms with Crippen LogP contribution < -0.4 is 11.3 Å². The maximum absolute atomic E-state index is 5.72. The molecule has 0 saturated heterocycles. The van der Waals surface area contributed by atoms with Gasteiger partial charge in [-0.3, -0.25) is 20.9 Å². The van der Waals surface area contributed by atoms with Crippen molar-refractivity contribution in [1.82, 2.24) is 20.2 Å². The lowest BCUT2D eigenvalue weighted by molar-refractivity contribution is 0.469. The summed E-state index contributed by atoms with van der Waals surface area (Å²) < 4.78 is 3.12. The van der Waals surface area contributed by atoms with E-state index in [1.807, 2.05) is 36.0 Å². The van der Waals surface area contributed by atoms with Crippen LogP contribution in [0.5, 0.6) is 0 Å². The van der Waals surface area contributed by atoms with Crippen molar-refractivity contribution < 1.29 is 0 Å². The molecule has 0 aliphatic rings. The highest BCUT2D eigenvalue weighted by molar-refractivity contribution is 9.10. The Morgan fingerprint density at radius 2 is 2.24 bits per heavy atom. The number of aromatic nitrogens is 3. The summed E-state index contributed by atoms with van der Waals surface area (Å²) >= 11 is 3.63. The zero-order valence-electron chi connectivity index (χ0n) is 12.5. The lowest BCUT2D eigenvalue weighted by Crippen LogP contribution is -2.37. The van der Waals surface area contributed by atoms with E-state index in [0.29, 0.717) is 0 Å². The van der Waals surface area contributed by atoms with E-state index in [4.69, 9.17) is 5.84 Å². The van der Waals surface area contributed by atoms with Crippen molar-refractivity contribution in [3.8, 4) is 0 Å². The van der Waals surface area contributed by atoms with Crippen molar-refractivity contribution in [2.24, 2.45) is 5.84 Å². The fraction of sp³-hybridized carbons (Fsp3) is 0.467. The molecule has 0 fully saturated rings.